The number of carbonyl (C=O) groups excluding carboxylic acids is 1. The van der Waals surface area contributed by atoms with E-state index in [1.165, 1.54) is 57.8 Å². The third-order valence-electron chi connectivity index (χ3n) is 11.7. The van der Waals surface area contributed by atoms with Gasteiger partial charge < -0.3 is 5.32 Å². The molecule has 0 heterocycles. The Bertz CT molecular complexity index is 949. The summed E-state index contributed by atoms with van der Waals surface area (Å²) in [5, 5.41) is 3.36. The van der Waals surface area contributed by atoms with Gasteiger partial charge in [0.25, 0.3) is 5.91 Å². The molecule has 4 aliphatic carbocycles. The molecule has 0 saturated heterocycles. The van der Waals surface area contributed by atoms with Crippen LogP contribution >= 0.6 is 0 Å². The molecule has 3 fully saturated rings. The molecule has 1 aromatic rings. The van der Waals surface area contributed by atoms with Crippen LogP contribution in [0.1, 0.15) is 116 Å². The van der Waals surface area contributed by atoms with Crippen LogP contribution in [0.15, 0.2) is 42.0 Å². The predicted octanol–water partition coefficient (Wildman–Crippen LogP) is 8.83. The number of nitrogens with one attached hydrogen (secondary N) is 1. The molecule has 8 unspecified atom stereocenters. The van der Waals surface area contributed by atoms with Gasteiger partial charge in [-0.2, -0.15) is 0 Å². The van der Waals surface area contributed by atoms with Crippen LogP contribution in [0.2, 0.25) is 0 Å². The molecule has 0 aromatic heterocycles. The number of hydrogen-bond acceptors (Lipinski definition) is 1. The highest BCUT2D eigenvalue weighted by Gasteiger charge is 2.59. The number of allylic oxidation sites excluding steroid dienone is 1. The third kappa shape index (κ3) is 4.71. The lowest BCUT2D eigenvalue weighted by molar-refractivity contribution is -0.0513. The highest BCUT2D eigenvalue weighted by molar-refractivity contribution is 5.94. The van der Waals surface area contributed by atoms with Gasteiger partial charge >= 0.3 is 0 Å². The van der Waals surface area contributed by atoms with Gasteiger partial charge in [0.15, 0.2) is 0 Å². The summed E-state index contributed by atoms with van der Waals surface area (Å²) in [6.07, 6.45) is 17.3. The zero-order chi connectivity index (χ0) is 25.5. The van der Waals surface area contributed by atoms with Gasteiger partial charge in [0.1, 0.15) is 0 Å². The van der Waals surface area contributed by atoms with Crippen LogP contribution in [-0.2, 0) is 0 Å². The lowest BCUT2D eigenvalue weighted by Crippen LogP contribution is -2.52. The molecular formula is C34H51NO. The van der Waals surface area contributed by atoms with Gasteiger partial charge in [-0.3, -0.25) is 4.79 Å². The normalized spacial score (nSPS) is 38.5. The minimum absolute atomic E-state index is 0.0893. The number of hydrogen-bond donors (Lipinski definition) is 1. The fourth-order valence-electron chi connectivity index (χ4n) is 9.67. The summed E-state index contributed by atoms with van der Waals surface area (Å²) in [5.74, 6) is 5.37. The van der Waals surface area contributed by atoms with Crippen molar-refractivity contribution in [3.05, 3.63) is 47.5 Å². The van der Waals surface area contributed by atoms with E-state index >= 15 is 0 Å². The van der Waals surface area contributed by atoms with Gasteiger partial charge in [0.05, 0.1) is 0 Å². The van der Waals surface area contributed by atoms with Crippen LogP contribution in [0.3, 0.4) is 0 Å². The topological polar surface area (TPSA) is 29.1 Å². The number of fused-ring (bicyclic) bond motifs is 5. The Morgan fingerprint density at radius 1 is 0.972 bits per heavy atom. The largest absolute Gasteiger partial charge is 0.349 e. The van der Waals surface area contributed by atoms with Gasteiger partial charge in [-0.1, -0.05) is 83.7 Å². The van der Waals surface area contributed by atoms with Crippen molar-refractivity contribution in [3.63, 3.8) is 0 Å². The van der Waals surface area contributed by atoms with E-state index in [4.69, 9.17) is 0 Å². The number of benzene rings is 1. The van der Waals surface area contributed by atoms with E-state index in [1.807, 2.05) is 30.3 Å². The first kappa shape index (κ1) is 26.1. The molecule has 2 heteroatoms. The maximum Gasteiger partial charge on any atom is 0.251 e. The molecule has 5 rings (SSSR count). The molecule has 0 spiro atoms. The summed E-state index contributed by atoms with van der Waals surface area (Å²) in [6.45, 7) is 12.6. The van der Waals surface area contributed by atoms with Crippen molar-refractivity contribution in [1.82, 2.24) is 5.32 Å². The van der Waals surface area contributed by atoms with E-state index in [9.17, 15) is 4.79 Å². The first-order valence-corrected chi connectivity index (χ1v) is 15.3. The molecule has 1 aromatic carbocycles. The average Bonchev–Trinajstić information content (AvgIpc) is 3.22. The smallest absolute Gasteiger partial charge is 0.251 e. The van der Waals surface area contributed by atoms with E-state index in [0.717, 1.165) is 53.9 Å². The lowest BCUT2D eigenvalue weighted by atomic mass is 9.47. The second-order valence-electron chi connectivity index (χ2n) is 14.1. The summed E-state index contributed by atoms with van der Waals surface area (Å²) in [5.41, 5.74) is 3.35. The van der Waals surface area contributed by atoms with Crippen LogP contribution in [0, 0.1) is 46.3 Å². The van der Waals surface area contributed by atoms with Crippen LogP contribution in [0.4, 0.5) is 0 Å². The van der Waals surface area contributed by atoms with E-state index < -0.39 is 0 Å². The van der Waals surface area contributed by atoms with E-state index in [-0.39, 0.29) is 11.9 Å². The average molecular weight is 490 g/mol. The van der Waals surface area contributed by atoms with Gasteiger partial charge in [0, 0.05) is 11.6 Å². The molecule has 198 valence electrons. The molecule has 1 amide bonds. The Morgan fingerprint density at radius 3 is 2.50 bits per heavy atom. The molecule has 0 bridgehead atoms. The third-order valence-corrected chi connectivity index (χ3v) is 11.7. The SMILES string of the molecule is CC(C)CCCC(C)C1CCC2C3CC=C4CC(NC(=O)c5ccccc5)CCC4(C)C3CCC12C. The van der Waals surface area contributed by atoms with Crippen molar-refractivity contribution in [2.24, 2.45) is 46.3 Å². The van der Waals surface area contributed by atoms with Crippen LogP contribution in [0.25, 0.3) is 0 Å². The van der Waals surface area contributed by atoms with Crippen molar-refractivity contribution in [1.29, 1.82) is 0 Å². The van der Waals surface area contributed by atoms with E-state index in [2.05, 4.69) is 46.0 Å². The Morgan fingerprint density at radius 2 is 1.75 bits per heavy atom. The molecular weight excluding hydrogens is 438 g/mol. The second kappa shape index (κ2) is 10.3. The van der Waals surface area contributed by atoms with E-state index in [0.29, 0.717) is 10.8 Å². The highest BCUT2D eigenvalue weighted by Crippen LogP contribution is 2.67. The predicted molar refractivity (Wildman–Crippen MR) is 151 cm³/mol. The monoisotopic (exact) mass is 489 g/mol. The summed E-state index contributed by atoms with van der Waals surface area (Å²) >= 11 is 0. The second-order valence-corrected chi connectivity index (χ2v) is 14.1. The number of carbonyl (C=O) groups is 1. The van der Waals surface area contributed by atoms with Gasteiger partial charge in [-0.25, -0.2) is 0 Å². The van der Waals surface area contributed by atoms with Gasteiger partial charge in [-0.05, 0) is 110 Å². The molecule has 3 saturated carbocycles. The summed E-state index contributed by atoms with van der Waals surface area (Å²) < 4.78 is 0. The van der Waals surface area contributed by atoms with Crippen LogP contribution < -0.4 is 5.32 Å². The van der Waals surface area contributed by atoms with Gasteiger partial charge in [-0.15, -0.1) is 0 Å². The molecule has 1 N–H and O–H groups in total. The number of rotatable bonds is 7. The van der Waals surface area contributed by atoms with E-state index in [1.54, 1.807) is 5.57 Å². The van der Waals surface area contributed by atoms with Crippen molar-refractivity contribution in [3.8, 4) is 0 Å². The van der Waals surface area contributed by atoms with Crippen molar-refractivity contribution in [2.75, 3.05) is 0 Å². The molecule has 0 radical (unpaired) electrons. The Hall–Kier alpha value is -1.57. The fourth-order valence-corrected chi connectivity index (χ4v) is 9.67. The molecule has 36 heavy (non-hydrogen) atoms. The minimum Gasteiger partial charge on any atom is -0.349 e. The highest BCUT2D eigenvalue weighted by atomic mass is 16.1. The van der Waals surface area contributed by atoms with Crippen molar-refractivity contribution < 1.29 is 4.79 Å². The van der Waals surface area contributed by atoms with Crippen LogP contribution in [0.5, 0.6) is 0 Å². The van der Waals surface area contributed by atoms with Gasteiger partial charge in [0.2, 0.25) is 0 Å². The minimum atomic E-state index is 0.0893. The Kier molecular flexibility index (Phi) is 7.45. The summed E-state index contributed by atoms with van der Waals surface area (Å²) in [7, 11) is 0. The lowest BCUT2D eigenvalue weighted by Gasteiger charge is -2.58. The van der Waals surface area contributed by atoms with Crippen molar-refractivity contribution in [2.45, 2.75) is 111 Å². The van der Waals surface area contributed by atoms with Crippen molar-refractivity contribution >= 4 is 5.91 Å². The fraction of sp³-hybridized carbons (Fsp3) is 0.735. The van der Waals surface area contributed by atoms with Crippen LogP contribution in [-0.4, -0.2) is 11.9 Å². The first-order valence-electron chi connectivity index (χ1n) is 15.3. The zero-order valence-electron chi connectivity index (χ0n) is 23.7. The number of amides is 1. The summed E-state index contributed by atoms with van der Waals surface area (Å²) in [6, 6.07) is 10.0. The molecule has 4 aliphatic rings. The summed E-state index contributed by atoms with van der Waals surface area (Å²) in [4.78, 5) is 12.8. The first-order chi connectivity index (χ1) is 17.2. The maximum absolute atomic E-state index is 12.8. The maximum atomic E-state index is 12.8. The molecule has 2 nitrogen and oxygen atoms in total. The molecule has 0 aliphatic heterocycles. The Labute approximate surface area is 221 Å². The Balaban J connectivity index is 1.25. The quantitative estimate of drug-likeness (QED) is 0.381. The molecule has 8 atom stereocenters. The zero-order valence-corrected chi connectivity index (χ0v) is 23.7. The standard InChI is InChI=1S/C34H51NO/c1-23(2)10-9-11-24(3)29-16-17-30-28-15-14-26-22-27(35-32(36)25-12-7-6-8-13-25)18-20-33(26,4)31(28)19-21-34(29,30)5/h6-8,12-14,23-24,27-31H,9-11,15-22H2,1-5H3,(H,35,36).